The molecule has 6 nitrogen and oxygen atoms in total. The molecule has 0 aliphatic heterocycles. The Labute approximate surface area is 129 Å². The first-order valence-corrected chi connectivity index (χ1v) is 8.81. The van der Waals surface area contributed by atoms with Crippen molar-refractivity contribution < 1.29 is 22.2 Å². The largest absolute Gasteiger partial charge is 0.748 e. The Morgan fingerprint density at radius 3 is 2.14 bits per heavy atom. The van der Waals surface area contributed by atoms with Crippen molar-refractivity contribution in [3.8, 4) is 0 Å². The number of rotatable bonds is 9. The summed E-state index contributed by atoms with van der Waals surface area (Å²) in [5, 5.41) is 2.78. The second-order valence-corrected chi connectivity index (χ2v) is 7.02. The van der Waals surface area contributed by atoms with Gasteiger partial charge in [-0.2, -0.15) is 0 Å². The van der Waals surface area contributed by atoms with Crippen LogP contribution in [0.15, 0.2) is 12.7 Å². The average molecular weight is 322 g/mol. The molecule has 0 bridgehead atoms. The van der Waals surface area contributed by atoms with Crippen molar-refractivity contribution in [1.29, 1.82) is 0 Å². The molecule has 1 amide bonds. The highest BCUT2D eigenvalue weighted by molar-refractivity contribution is 7.85. The van der Waals surface area contributed by atoms with E-state index >= 15 is 0 Å². The zero-order valence-electron chi connectivity index (χ0n) is 13.7. The van der Waals surface area contributed by atoms with E-state index in [0.717, 1.165) is 24.0 Å². The lowest BCUT2D eigenvalue weighted by molar-refractivity contribution is -0.890. The molecule has 0 aromatic carbocycles. The summed E-state index contributed by atoms with van der Waals surface area (Å²) < 4.78 is 30.1. The number of amides is 1. The Morgan fingerprint density at radius 1 is 1.24 bits per heavy atom. The second-order valence-electron chi connectivity index (χ2n) is 5.49. The normalized spacial score (nSPS) is 11.3. The van der Waals surface area contributed by atoms with Gasteiger partial charge < -0.3 is 14.4 Å². The van der Waals surface area contributed by atoms with Gasteiger partial charge in [0.15, 0.2) is 0 Å². The number of hydrogen-bond donors (Lipinski definition) is 1. The molecule has 0 aliphatic rings. The molecule has 0 spiro atoms. The van der Waals surface area contributed by atoms with E-state index in [4.69, 9.17) is 0 Å². The number of carbonyl (C=O) groups excluding carboxylic acids is 1. The van der Waals surface area contributed by atoms with Crippen molar-refractivity contribution in [2.24, 2.45) is 0 Å². The topological polar surface area (TPSA) is 86.3 Å². The standard InChI is InChI=1S/C11H22N2O.C3H8O3S/c1-5-9-13(3,4)10-7-8-12-11(14)6-2;1-2-3-7(4,5)6/h6H,2,5,7-10H2,1,3-4H3;2-3H2,1H3,(H,4,5,6). The molecule has 0 heterocycles. The van der Waals surface area contributed by atoms with Gasteiger partial charge in [0.2, 0.25) is 5.91 Å². The molecule has 21 heavy (non-hydrogen) atoms. The summed E-state index contributed by atoms with van der Waals surface area (Å²) in [6, 6.07) is 0. The summed E-state index contributed by atoms with van der Waals surface area (Å²) in [6.07, 6.45) is 3.94. The zero-order chi connectivity index (χ0) is 16.9. The highest BCUT2D eigenvalue weighted by Crippen LogP contribution is 2.00. The van der Waals surface area contributed by atoms with Crippen molar-refractivity contribution in [2.45, 2.75) is 33.1 Å². The predicted molar refractivity (Wildman–Crippen MR) is 84.8 cm³/mol. The summed E-state index contributed by atoms with van der Waals surface area (Å²) in [7, 11) is 0.518. The highest BCUT2D eigenvalue weighted by atomic mass is 32.2. The molecule has 0 aliphatic carbocycles. The third-order valence-electron chi connectivity index (χ3n) is 2.71. The number of quaternary nitrogens is 1. The van der Waals surface area contributed by atoms with Crippen molar-refractivity contribution in [3.05, 3.63) is 12.7 Å². The smallest absolute Gasteiger partial charge is 0.243 e. The summed E-state index contributed by atoms with van der Waals surface area (Å²) in [5.74, 6) is -0.321. The predicted octanol–water partition coefficient (Wildman–Crippen LogP) is 1.11. The molecule has 1 N–H and O–H groups in total. The van der Waals surface area contributed by atoms with Gasteiger partial charge >= 0.3 is 0 Å². The first-order valence-electron chi connectivity index (χ1n) is 7.23. The van der Waals surface area contributed by atoms with Gasteiger partial charge in [-0.1, -0.05) is 20.4 Å². The molecule has 0 aromatic heterocycles. The fraction of sp³-hybridized carbons (Fsp3) is 0.786. The van der Waals surface area contributed by atoms with Gasteiger partial charge in [-0.15, -0.1) is 0 Å². The molecular weight excluding hydrogens is 292 g/mol. The summed E-state index contributed by atoms with van der Waals surface area (Å²) in [6.45, 7) is 10.3. The van der Waals surface area contributed by atoms with E-state index in [-0.39, 0.29) is 11.7 Å². The molecule has 0 unspecified atom stereocenters. The third kappa shape index (κ3) is 19.1. The van der Waals surface area contributed by atoms with E-state index in [0.29, 0.717) is 6.42 Å². The van der Waals surface area contributed by atoms with Crippen molar-refractivity contribution >= 4 is 16.0 Å². The first-order chi connectivity index (χ1) is 9.58. The number of carbonyl (C=O) groups is 1. The zero-order valence-corrected chi connectivity index (χ0v) is 14.5. The minimum absolute atomic E-state index is 0.0780. The fourth-order valence-corrected chi connectivity index (χ4v) is 2.26. The fourth-order valence-electron chi connectivity index (χ4n) is 1.76. The summed E-state index contributed by atoms with van der Waals surface area (Å²) in [5.41, 5.74) is 0. The van der Waals surface area contributed by atoms with E-state index in [1.807, 2.05) is 0 Å². The maximum Gasteiger partial charge on any atom is 0.243 e. The molecule has 0 rings (SSSR count). The van der Waals surface area contributed by atoms with Crippen LogP contribution in [-0.4, -0.2) is 62.8 Å². The van der Waals surface area contributed by atoms with Crippen molar-refractivity contribution in [3.63, 3.8) is 0 Å². The molecule has 0 aromatic rings. The molecule has 7 heteroatoms. The number of nitrogens with zero attached hydrogens (tertiary/aromatic N) is 1. The minimum Gasteiger partial charge on any atom is -0.748 e. The quantitative estimate of drug-likeness (QED) is 0.298. The van der Waals surface area contributed by atoms with Crippen LogP contribution in [0.1, 0.15) is 33.1 Å². The monoisotopic (exact) mass is 322 g/mol. The van der Waals surface area contributed by atoms with Gasteiger partial charge in [-0.25, -0.2) is 8.42 Å². The van der Waals surface area contributed by atoms with E-state index < -0.39 is 10.1 Å². The van der Waals surface area contributed by atoms with Crippen LogP contribution >= 0.6 is 0 Å². The van der Waals surface area contributed by atoms with Gasteiger partial charge in [-0.3, -0.25) is 4.79 Å². The van der Waals surface area contributed by atoms with Gasteiger partial charge in [0.25, 0.3) is 0 Å². The van der Waals surface area contributed by atoms with Gasteiger partial charge in [0.05, 0.1) is 37.3 Å². The van der Waals surface area contributed by atoms with Crippen LogP contribution in [0.4, 0.5) is 0 Å². The lowest BCUT2D eigenvalue weighted by atomic mass is 10.3. The summed E-state index contributed by atoms with van der Waals surface area (Å²) in [4.78, 5) is 10.8. The molecule has 0 saturated carbocycles. The van der Waals surface area contributed by atoms with Crippen molar-refractivity contribution in [2.75, 3.05) is 39.5 Å². The second kappa shape index (κ2) is 11.7. The number of hydrogen-bond acceptors (Lipinski definition) is 4. The summed E-state index contributed by atoms with van der Waals surface area (Å²) >= 11 is 0. The Bertz CT molecular complexity index is 392. The molecular formula is C14H30N2O4S. The SMILES string of the molecule is C=CC(=O)NCCC[N+](C)(C)CCC.CCCS(=O)(=O)[O-]. The van der Waals surface area contributed by atoms with Crippen LogP contribution in [0.5, 0.6) is 0 Å². The molecule has 0 radical (unpaired) electrons. The lowest BCUT2D eigenvalue weighted by Crippen LogP contribution is -2.42. The Balaban J connectivity index is 0. The van der Waals surface area contributed by atoms with Crippen LogP contribution in [-0.2, 0) is 14.9 Å². The Kier molecular flexibility index (Phi) is 12.5. The van der Waals surface area contributed by atoms with E-state index in [1.165, 1.54) is 19.0 Å². The van der Waals surface area contributed by atoms with Gasteiger partial charge in [0.1, 0.15) is 0 Å². The van der Waals surface area contributed by atoms with Gasteiger partial charge in [0, 0.05) is 18.7 Å². The average Bonchev–Trinajstić information content (AvgIpc) is 2.33. The van der Waals surface area contributed by atoms with Crippen molar-refractivity contribution in [1.82, 2.24) is 5.32 Å². The third-order valence-corrected chi connectivity index (χ3v) is 3.62. The Morgan fingerprint density at radius 2 is 1.81 bits per heavy atom. The van der Waals surface area contributed by atoms with Crippen LogP contribution in [0, 0.1) is 0 Å². The maximum absolute atomic E-state index is 10.8. The van der Waals surface area contributed by atoms with Crippen LogP contribution in [0.2, 0.25) is 0 Å². The molecule has 0 saturated heterocycles. The highest BCUT2D eigenvalue weighted by Gasteiger charge is 2.12. The van der Waals surface area contributed by atoms with E-state index in [2.05, 4.69) is 32.9 Å². The lowest BCUT2D eigenvalue weighted by Gasteiger charge is -2.29. The molecule has 0 atom stereocenters. The Hall–Kier alpha value is -0.920. The number of nitrogens with one attached hydrogen (secondary N) is 1. The van der Waals surface area contributed by atoms with Crippen LogP contribution in [0.3, 0.4) is 0 Å². The van der Waals surface area contributed by atoms with E-state index in [9.17, 15) is 17.8 Å². The molecule has 0 fully saturated rings. The van der Waals surface area contributed by atoms with Gasteiger partial charge in [-0.05, 0) is 18.9 Å². The molecule has 126 valence electrons. The minimum atomic E-state index is -3.92. The maximum atomic E-state index is 10.8. The van der Waals surface area contributed by atoms with E-state index in [1.54, 1.807) is 6.92 Å². The van der Waals surface area contributed by atoms with Crippen LogP contribution < -0.4 is 5.32 Å². The van der Waals surface area contributed by atoms with Crippen LogP contribution in [0.25, 0.3) is 0 Å². The first kappa shape index (κ1) is 22.4.